The Hall–Kier alpha value is -0.870. The number of rotatable bonds is 3. The predicted octanol–water partition coefficient (Wildman–Crippen LogP) is 2.46. The van der Waals surface area contributed by atoms with Gasteiger partial charge in [-0.3, -0.25) is 0 Å². The molecule has 2 rings (SSSR count). The third-order valence-corrected chi connectivity index (χ3v) is 2.93. The van der Waals surface area contributed by atoms with Gasteiger partial charge in [0.15, 0.2) is 0 Å². The summed E-state index contributed by atoms with van der Waals surface area (Å²) in [5.74, 6) is 1.48. The van der Waals surface area contributed by atoms with Gasteiger partial charge in [-0.05, 0) is 30.7 Å². The average Bonchev–Trinajstić information content (AvgIpc) is 2.59. The summed E-state index contributed by atoms with van der Waals surface area (Å²) < 4.78 is 1.07. The molecule has 1 atom stereocenters. The zero-order valence-corrected chi connectivity index (χ0v) is 10.2. The maximum Gasteiger partial charge on any atom is 0.107 e. The number of aromatic nitrogens is 2. The molecule has 0 fully saturated rings. The summed E-state index contributed by atoms with van der Waals surface area (Å²) >= 11 is 3.44. The summed E-state index contributed by atoms with van der Waals surface area (Å²) in [6.45, 7) is 2.82. The second-order valence-electron chi connectivity index (χ2n) is 3.89. The van der Waals surface area contributed by atoms with Crippen LogP contribution in [-0.4, -0.2) is 16.5 Å². The molecule has 0 saturated heterocycles. The minimum Gasteiger partial charge on any atom is -0.342 e. The first kappa shape index (κ1) is 10.6. The van der Waals surface area contributed by atoms with Crippen LogP contribution in [0.1, 0.15) is 12.7 Å². The normalized spacial score (nSPS) is 13.3. The highest BCUT2D eigenvalue weighted by atomic mass is 79.9. The van der Waals surface area contributed by atoms with Crippen LogP contribution in [0.5, 0.6) is 0 Å². The highest BCUT2D eigenvalue weighted by molar-refractivity contribution is 9.10. The molecule has 1 aromatic carbocycles. The molecule has 0 aliphatic heterocycles. The lowest BCUT2D eigenvalue weighted by Crippen LogP contribution is -2.13. The van der Waals surface area contributed by atoms with E-state index in [1.54, 1.807) is 0 Å². The summed E-state index contributed by atoms with van der Waals surface area (Å²) in [7, 11) is 0. The van der Waals surface area contributed by atoms with Crippen molar-refractivity contribution in [1.82, 2.24) is 9.97 Å². The van der Waals surface area contributed by atoms with Gasteiger partial charge in [0, 0.05) is 10.9 Å². The predicted molar refractivity (Wildman–Crippen MR) is 65.7 cm³/mol. The highest BCUT2D eigenvalue weighted by Gasteiger charge is 2.06. The van der Waals surface area contributed by atoms with Gasteiger partial charge in [-0.1, -0.05) is 22.9 Å². The van der Waals surface area contributed by atoms with Crippen LogP contribution in [0.15, 0.2) is 22.7 Å². The number of hydrogen-bond acceptors (Lipinski definition) is 2. The zero-order valence-electron chi connectivity index (χ0n) is 8.63. The van der Waals surface area contributed by atoms with E-state index in [0.717, 1.165) is 27.8 Å². The van der Waals surface area contributed by atoms with Crippen LogP contribution in [0.2, 0.25) is 0 Å². The van der Waals surface area contributed by atoms with Gasteiger partial charge in [-0.25, -0.2) is 4.98 Å². The standard InChI is InChI=1S/C11H14BrN3/c1-7(6-13)4-11-14-9-3-2-8(12)5-10(9)15-11/h2-3,5,7H,4,6,13H2,1H3,(H,14,15). The Bertz CT molecular complexity index is 464. The molecule has 0 radical (unpaired) electrons. The van der Waals surface area contributed by atoms with Gasteiger partial charge in [-0.2, -0.15) is 0 Å². The Morgan fingerprint density at radius 1 is 1.53 bits per heavy atom. The van der Waals surface area contributed by atoms with E-state index >= 15 is 0 Å². The van der Waals surface area contributed by atoms with Gasteiger partial charge in [0.2, 0.25) is 0 Å². The number of nitrogens with one attached hydrogen (secondary N) is 1. The first-order valence-electron chi connectivity index (χ1n) is 5.03. The Morgan fingerprint density at radius 3 is 3.07 bits per heavy atom. The second kappa shape index (κ2) is 4.33. The molecule has 0 aliphatic rings. The van der Waals surface area contributed by atoms with Gasteiger partial charge in [-0.15, -0.1) is 0 Å². The van der Waals surface area contributed by atoms with E-state index in [0.29, 0.717) is 12.5 Å². The Kier molecular flexibility index (Phi) is 3.07. The molecule has 0 saturated carbocycles. The summed E-state index contributed by atoms with van der Waals surface area (Å²) in [5, 5.41) is 0. The molecule has 1 heterocycles. The first-order valence-corrected chi connectivity index (χ1v) is 5.82. The number of imidazole rings is 1. The fourth-order valence-electron chi connectivity index (χ4n) is 1.54. The first-order chi connectivity index (χ1) is 7.19. The van der Waals surface area contributed by atoms with Crippen molar-refractivity contribution in [2.75, 3.05) is 6.54 Å². The zero-order chi connectivity index (χ0) is 10.8. The molecule has 3 N–H and O–H groups in total. The number of halogens is 1. The van der Waals surface area contributed by atoms with Crippen molar-refractivity contribution in [2.45, 2.75) is 13.3 Å². The number of fused-ring (bicyclic) bond motifs is 1. The SMILES string of the molecule is CC(CN)Cc1nc2ccc(Br)cc2[nH]1. The van der Waals surface area contributed by atoms with E-state index in [9.17, 15) is 0 Å². The molecule has 0 aliphatic carbocycles. The number of benzene rings is 1. The largest absolute Gasteiger partial charge is 0.342 e. The van der Waals surface area contributed by atoms with Gasteiger partial charge >= 0.3 is 0 Å². The van der Waals surface area contributed by atoms with Crippen molar-refractivity contribution in [3.8, 4) is 0 Å². The topological polar surface area (TPSA) is 54.7 Å². The summed E-state index contributed by atoms with van der Waals surface area (Å²) in [6, 6.07) is 6.05. The molecular weight excluding hydrogens is 254 g/mol. The van der Waals surface area contributed by atoms with E-state index in [4.69, 9.17) is 5.73 Å². The molecule has 1 unspecified atom stereocenters. The van der Waals surface area contributed by atoms with Crippen molar-refractivity contribution >= 4 is 27.0 Å². The van der Waals surface area contributed by atoms with E-state index in [1.807, 2.05) is 18.2 Å². The van der Waals surface area contributed by atoms with Crippen molar-refractivity contribution in [2.24, 2.45) is 11.7 Å². The van der Waals surface area contributed by atoms with Crippen LogP contribution < -0.4 is 5.73 Å². The van der Waals surface area contributed by atoms with E-state index < -0.39 is 0 Å². The molecule has 1 aromatic heterocycles. The van der Waals surface area contributed by atoms with Crippen molar-refractivity contribution in [3.05, 3.63) is 28.5 Å². The Labute approximate surface area is 97.2 Å². The molecule has 2 aromatic rings. The van der Waals surface area contributed by atoms with Crippen molar-refractivity contribution in [1.29, 1.82) is 0 Å². The van der Waals surface area contributed by atoms with Crippen LogP contribution in [0.4, 0.5) is 0 Å². The van der Waals surface area contributed by atoms with Crippen LogP contribution in [0.25, 0.3) is 11.0 Å². The third-order valence-electron chi connectivity index (χ3n) is 2.44. The van der Waals surface area contributed by atoms with Crippen molar-refractivity contribution in [3.63, 3.8) is 0 Å². The van der Waals surface area contributed by atoms with E-state index in [-0.39, 0.29) is 0 Å². The number of H-pyrrole nitrogens is 1. The number of nitrogens with two attached hydrogens (primary N) is 1. The fraction of sp³-hybridized carbons (Fsp3) is 0.364. The number of nitrogens with zero attached hydrogens (tertiary/aromatic N) is 1. The van der Waals surface area contributed by atoms with Gasteiger partial charge in [0.25, 0.3) is 0 Å². The Morgan fingerprint density at radius 2 is 2.33 bits per heavy atom. The molecule has 3 nitrogen and oxygen atoms in total. The second-order valence-corrected chi connectivity index (χ2v) is 4.81. The quantitative estimate of drug-likeness (QED) is 0.898. The number of hydrogen-bond donors (Lipinski definition) is 2. The minimum atomic E-state index is 0.467. The van der Waals surface area contributed by atoms with Gasteiger partial charge in [0.05, 0.1) is 11.0 Å². The molecule has 0 spiro atoms. The summed E-state index contributed by atoms with van der Waals surface area (Å²) in [4.78, 5) is 7.81. The van der Waals surface area contributed by atoms with Gasteiger partial charge in [0.1, 0.15) is 5.82 Å². The van der Waals surface area contributed by atoms with Crippen LogP contribution in [-0.2, 0) is 6.42 Å². The molecule has 15 heavy (non-hydrogen) atoms. The molecule has 80 valence electrons. The monoisotopic (exact) mass is 267 g/mol. The van der Waals surface area contributed by atoms with E-state index in [2.05, 4.69) is 32.8 Å². The smallest absolute Gasteiger partial charge is 0.107 e. The van der Waals surface area contributed by atoms with E-state index in [1.165, 1.54) is 0 Å². The lowest BCUT2D eigenvalue weighted by molar-refractivity contribution is 0.578. The van der Waals surface area contributed by atoms with Crippen molar-refractivity contribution < 1.29 is 0 Å². The Balaban J connectivity index is 2.30. The minimum absolute atomic E-state index is 0.467. The summed E-state index contributed by atoms with van der Waals surface area (Å²) in [5.41, 5.74) is 7.67. The maximum atomic E-state index is 5.59. The highest BCUT2D eigenvalue weighted by Crippen LogP contribution is 2.18. The fourth-order valence-corrected chi connectivity index (χ4v) is 1.91. The molecule has 0 amide bonds. The van der Waals surface area contributed by atoms with Crippen LogP contribution in [0.3, 0.4) is 0 Å². The molecular formula is C11H14BrN3. The molecule has 0 bridgehead atoms. The lowest BCUT2D eigenvalue weighted by atomic mass is 10.1. The summed E-state index contributed by atoms with van der Waals surface area (Å²) in [6.07, 6.45) is 0.906. The molecule has 4 heteroatoms. The average molecular weight is 268 g/mol. The third kappa shape index (κ3) is 2.38. The van der Waals surface area contributed by atoms with Gasteiger partial charge < -0.3 is 10.7 Å². The number of aromatic amines is 1. The van der Waals surface area contributed by atoms with Crippen LogP contribution in [0, 0.1) is 5.92 Å². The lowest BCUT2D eigenvalue weighted by Gasteiger charge is -2.03. The van der Waals surface area contributed by atoms with Crippen LogP contribution >= 0.6 is 15.9 Å². The maximum absolute atomic E-state index is 5.59.